The first kappa shape index (κ1) is 20.4. The molecule has 0 radical (unpaired) electrons. The summed E-state index contributed by atoms with van der Waals surface area (Å²) >= 11 is 0. The Hall–Kier alpha value is -2.89. The average molecular weight is 372 g/mol. The van der Waals surface area contributed by atoms with Gasteiger partial charge in [0.2, 0.25) is 5.91 Å². The van der Waals surface area contributed by atoms with Crippen LogP contribution in [0.5, 0.6) is 5.75 Å². The van der Waals surface area contributed by atoms with Gasteiger partial charge in [-0.25, -0.2) is 4.39 Å². The normalized spacial score (nSPS) is 11.5. The number of amides is 2. The summed E-state index contributed by atoms with van der Waals surface area (Å²) in [6.07, 6.45) is 0.789. The summed E-state index contributed by atoms with van der Waals surface area (Å²) in [6, 6.07) is 14.4. The maximum Gasteiger partial charge on any atom is 0.261 e. The molecule has 27 heavy (non-hydrogen) atoms. The van der Waals surface area contributed by atoms with Gasteiger partial charge in [0, 0.05) is 18.7 Å². The largest absolute Gasteiger partial charge is 0.484 e. The second kappa shape index (κ2) is 10.3. The number of hydrogen-bond donors (Lipinski definition) is 1. The Bertz CT molecular complexity index is 752. The Kier molecular flexibility index (Phi) is 7.79. The molecular weight excluding hydrogens is 347 g/mol. The third kappa shape index (κ3) is 6.09. The van der Waals surface area contributed by atoms with E-state index in [4.69, 9.17) is 4.74 Å². The van der Waals surface area contributed by atoms with Crippen LogP contribution in [-0.4, -0.2) is 35.9 Å². The molecule has 0 aromatic heterocycles. The molecule has 1 N–H and O–H groups in total. The molecule has 2 amide bonds. The molecule has 144 valence electrons. The zero-order valence-corrected chi connectivity index (χ0v) is 15.7. The van der Waals surface area contributed by atoms with Crippen LogP contribution < -0.4 is 10.1 Å². The molecule has 0 heterocycles. The number of benzene rings is 2. The van der Waals surface area contributed by atoms with Crippen molar-refractivity contribution in [2.75, 3.05) is 13.2 Å². The lowest BCUT2D eigenvalue weighted by Crippen LogP contribution is -2.49. The lowest BCUT2D eigenvalue weighted by molar-refractivity contribution is -0.142. The van der Waals surface area contributed by atoms with Crippen molar-refractivity contribution < 1.29 is 18.7 Å². The van der Waals surface area contributed by atoms with E-state index in [1.807, 2.05) is 13.0 Å². The molecule has 1 atom stereocenters. The van der Waals surface area contributed by atoms with Crippen LogP contribution in [0.3, 0.4) is 0 Å². The van der Waals surface area contributed by atoms with E-state index in [0.717, 1.165) is 6.42 Å². The van der Waals surface area contributed by atoms with Crippen molar-refractivity contribution in [1.82, 2.24) is 10.2 Å². The Morgan fingerprint density at radius 2 is 1.78 bits per heavy atom. The summed E-state index contributed by atoms with van der Waals surface area (Å²) in [6.45, 7) is 3.85. The van der Waals surface area contributed by atoms with Crippen molar-refractivity contribution in [2.45, 2.75) is 32.9 Å². The fourth-order valence-electron chi connectivity index (χ4n) is 2.53. The minimum absolute atomic E-state index is 0.00956. The maximum absolute atomic E-state index is 14.1. The monoisotopic (exact) mass is 372 g/mol. The maximum atomic E-state index is 14.1. The van der Waals surface area contributed by atoms with Gasteiger partial charge in [-0.05, 0) is 31.5 Å². The highest BCUT2D eigenvalue weighted by Crippen LogP contribution is 2.14. The van der Waals surface area contributed by atoms with E-state index in [1.165, 1.54) is 11.0 Å². The molecule has 6 heteroatoms. The molecule has 0 fully saturated rings. The van der Waals surface area contributed by atoms with Crippen LogP contribution in [0.2, 0.25) is 0 Å². The SMILES string of the molecule is CCCNC(=O)C(C)N(Cc1ccccc1F)C(=O)COc1ccccc1. The van der Waals surface area contributed by atoms with E-state index in [-0.39, 0.29) is 25.0 Å². The quantitative estimate of drug-likeness (QED) is 0.736. The molecule has 1 unspecified atom stereocenters. The van der Waals surface area contributed by atoms with Gasteiger partial charge in [0.05, 0.1) is 0 Å². The van der Waals surface area contributed by atoms with E-state index in [0.29, 0.717) is 17.9 Å². The average Bonchev–Trinajstić information content (AvgIpc) is 2.70. The third-order valence-electron chi connectivity index (χ3n) is 4.12. The Labute approximate surface area is 159 Å². The number of ether oxygens (including phenoxy) is 1. The van der Waals surface area contributed by atoms with Gasteiger partial charge < -0.3 is 15.0 Å². The zero-order valence-electron chi connectivity index (χ0n) is 15.7. The Balaban J connectivity index is 2.13. The van der Waals surface area contributed by atoms with Crippen molar-refractivity contribution in [3.05, 3.63) is 66.0 Å². The molecule has 0 aliphatic heterocycles. The number of carbonyl (C=O) groups is 2. The number of hydrogen-bond acceptors (Lipinski definition) is 3. The molecule has 2 aromatic rings. The summed E-state index contributed by atoms with van der Waals surface area (Å²) in [5.41, 5.74) is 0.348. The molecule has 0 aliphatic rings. The topological polar surface area (TPSA) is 58.6 Å². The van der Waals surface area contributed by atoms with Crippen LogP contribution in [-0.2, 0) is 16.1 Å². The second-order valence-corrected chi connectivity index (χ2v) is 6.18. The van der Waals surface area contributed by atoms with E-state index in [2.05, 4.69) is 5.32 Å². The molecular formula is C21H25FN2O3. The lowest BCUT2D eigenvalue weighted by Gasteiger charge is -2.28. The van der Waals surface area contributed by atoms with Crippen molar-refractivity contribution in [3.8, 4) is 5.75 Å². The minimum atomic E-state index is -0.747. The van der Waals surface area contributed by atoms with Gasteiger partial charge in [-0.15, -0.1) is 0 Å². The first-order valence-corrected chi connectivity index (χ1v) is 9.01. The van der Waals surface area contributed by atoms with Crippen LogP contribution in [0.25, 0.3) is 0 Å². The predicted molar refractivity (Wildman–Crippen MR) is 102 cm³/mol. The standard InChI is InChI=1S/C21H25FN2O3/c1-3-13-23-21(26)16(2)24(14-17-9-7-8-12-19(17)22)20(25)15-27-18-10-5-4-6-11-18/h4-12,16H,3,13-15H2,1-2H3,(H,23,26). The minimum Gasteiger partial charge on any atom is -0.484 e. The van der Waals surface area contributed by atoms with Crippen molar-refractivity contribution in [3.63, 3.8) is 0 Å². The first-order valence-electron chi connectivity index (χ1n) is 9.01. The first-order chi connectivity index (χ1) is 13.0. The summed E-state index contributed by atoms with van der Waals surface area (Å²) in [5.74, 6) is -0.525. The number of nitrogens with one attached hydrogen (secondary N) is 1. The van der Waals surface area contributed by atoms with Crippen LogP contribution in [0.4, 0.5) is 4.39 Å². The summed E-state index contributed by atoms with van der Waals surface area (Å²) in [7, 11) is 0. The van der Waals surface area contributed by atoms with Crippen molar-refractivity contribution in [2.24, 2.45) is 0 Å². The van der Waals surface area contributed by atoms with Crippen LogP contribution >= 0.6 is 0 Å². The second-order valence-electron chi connectivity index (χ2n) is 6.18. The van der Waals surface area contributed by atoms with Crippen LogP contribution in [0, 0.1) is 5.82 Å². The van der Waals surface area contributed by atoms with Crippen molar-refractivity contribution >= 4 is 11.8 Å². The van der Waals surface area contributed by atoms with E-state index in [1.54, 1.807) is 49.4 Å². The van der Waals surface area contributed by atoms with Crippen LogP contribution in [0.15, 0.2) is 54.6 Å². The van der Waals surface area contributed by atoms with E-state index >= 15 is 0 Å². The molecule has 2 rings (SSSR count). The number of carbonyl (C=O) groups excluding carboxylic acids is 2. The number of para-hydroxylation sites is 1. The number of rotatable bonds is 9. The predicted octanol–water partition coefficient (Wildman–Crippen LogP) is 3.15. The number of nitrogens with zero attached hydrogens (tertiary/aromatic N) is 1. The van der Waals surface area contributed by atoms with E-state index < -0.39 is 11.9 Å². The summed E-state index contributed by atoms with van der Waals surface area (Å²) in [4.78, 5) is 26.4. The Morgan fingerprint density at radius 3 is 2.44 bits per heavy atom. The molecule has 0 bridgehead atoms. The van der Waals surface area contributed by atoms with Gasteiger partial charge in [-0.2, -0.15) is 0 Å². The number of halogens is 1. The summed E-state index contributed by atoms with van der Waals surface area (Å²) < 4.78 is 19.6. The van der Waals surface area contributed by atoms with Crippen LogP contribution in [0.1, 0.15) is 25.8 Å². The highest BCUT2D eigenvalue weighted by molar-refractivity contribution is 5.87. The van der Waals surface area contributed by atoms with Crippen molar-refractivity contribution in [1.29, 1.82) is 0 Å². The fraction of sp³-hybridized carbons (Fsp3) is 0.333. The van der Waals surface area contributed by atoms with E-state index in [9.17, 15) is 14.0 Å². The highest BCUT2D eigenvalue weighted by atomic mass is 19.1. The van der Waals surface area contributed by atoms with Gasteiger partial charge >= 0.3 is 0 Å². The van der Waals surface area contributed by atoms with Gasteiger partial charge in [0.15, 0.2) is 6.61 Å². The molecule has 2 aromatic carbocycles. The summed E-state index contributed by atoms with van der Waals surface area (Å²) in [5, 5.41) is 2.77. The molecule has 0 spiro atoms. The molecule has 0 saturated heterocycles. The lowest BCUT2D eigenvalue weighted by atomic mass is 10.1. The molecule has 0 saturated carbocycles. The fourth-order valence-corrected chi connectivity index (χ4v) is 2.53. The highest BCUT2D eigenvalue weighted by Gasteiger charge is 2.27. The third-order valence-corrected chi connectivity index (χ3v) is 4.12. The molecule has 0 aliphatic carbocycles. The Morgan fingerprint density at radius 1 is 1.11 bits per heavy atom. The van der Waals surface area contributed by atoms with Gasteiger partial charge in [0.25, 0.3) is 5.91 Å². The zero-order chi connectivity index (χ0) is 19.6. The van der Waals surface area contributed by atoms with Gasteiger partial charge in [-0.3, -0.25) is 9.59 Å². The van der Waals surface area contributed by atoms with Gasteiger partial charge in [0.1, 0.15) is 17.6 Å². The van der Waals surface area contributed by atoms with Gasteiger partial charge in [-0.1, -0.05) is 43.3 Å². The smallest absolute Gasteiger partial charge is 0.261 e. The molecule has 5 nitrogen and oxygen atoms in total.